The summed E-state index contributed by atoms with van der Waals surface area (Å²) in [5.41, 5.74) is 5.50. The molecule has 16 heavy (non-hydrogen) atoms. The lowest BCUT2D eigenvalue weighted by Gasteiger charge is -2.20. The van der Waals surface area contributed by atoms with E-state index in [9.17, 15) is 0 Å². The summed E-state index contributed by atoms with van der Waals surface area (Å²) in [7, 11) is 0. The van der Waals surface area contributed by atoms with Gasteiger partial charge >= 0.3 is 0 Å². The molecule has 1 heteroatoms. The molecule has 0 heterocycles. The highest BCUT2D eigenvalue weighted by molar-refractivity contribution is 5.58. The summed E-state index contributed by atoms with van der Waals surface area (Å²) in [4.78, 5) is 0. The van der Waals surface area contributed by atoms with Gasteiger partial charge in [0.2, 0.25) is 0 Å². The van der Waals surface area contributed by atoms with Crippen LogP contribution in [0.2, 0.25) is 0 Å². The SMILES string of the molecule is CCNc1c(C)cc(C(C)C(C)C)cc1C. The highest BCUT2D eigenvalue weighted by Crippen LogP contribution is 2.29. The first-order valence-electron chi connectivity index (χ1n) is 6.32. The first kappa shape index (κ1) is 13.1. The normalized spacial score (nSPS) is 12.9. The Morgan fingerprint density at radius 1 is 1.06 bits per heavy atom. The summed E-state index contributed by atoms with van der Waals surface area (Å²) in [6.07, 6.45) is 0. The van der Waals surface area contributed by atoms with Crippen molar-refractivity contribution in [1.82, 2.24) is 0 Å². The Labute approximate surface area is 100 Å². The van der Waals surface area contributed by atoms with Gasteiger partial charge in [-0.3, -0.25) is 0 Å². The lowest BCUT2D eigenvalue weighted by molar-refractivity contribution is 0.534. The van der Waals surface area contributed by atoms with Crippen LogP contribution in [0.3, 0.4) is 0 Å². The van der Waals surface area contributed by atoms with Crippen LogP contribution in [0.4, 0.5) is 5.69 Å². The zero-order valence-corrected chi connectivity index (χ0v) is 11.5. The number of rotatable bonds is 4. The number of hydrogen-bond donors (Lipinski definition) is 1. The molecule has 0 aliphatic rings. The fourth-order valence-corrected chi connectivity index (χ4v) is 2.10. The Bertz CT molecular complexity index is 329. The molecule has 90 valence electrons. The molecule has 0 fully saturated rings. The Morgan fingerprint density at radius 3 is 1.94 bits per heavy atom. The maximum Gasteiger partial charge on any atom is 0.0399 e. The van der Waals surface area contributed by atoms with Crippen molar-refractivity contribution >= 4 is 5.69 Å². The maximum absolute atomic E-state index is 3.44. The zero-order chi connectivity index (χ0) is 12.3. The minimum Gasteiger partial charge on any atom is -0.385 e. The molecule has 1 atom stereocenters. The van der Waals surface area contributed by atoms with Crippen LogP contribution in [0.15, 0.2) is 12.1 Å². The molecule has 0 amide bonds. The van der Waals surface area contributed by atoms with E-state index in [1.807, 2.05) is 0 Å². The standard InChI is InChI=1S/C15H25N/c1-7-16-15-11(4)8-14(9-12(15)5)13(6)10(2)3/h8-10,13,16H,7H2,1-6H3. The molecule has 0 aliphatic carbocycles. The molecule has 0 saturated carbocycles. The van der Waals surface area contributed by atoms with Gasteiger partial charge in [0.15, 0.2) is 0 Å². The molecule has 1 unspecified atom stereocenters. The molecule has 0 aromatic heterocycles. The third kappa shape index (κ3) is 2.78. The van der Waals surface area contributed by atoms with E-state index in [1.165, 1.54) is 22.4 Å². The third-order valence-electron chi connectivity index (χ3n) is 3.43. The molecule has 0 aliphatic heterocycles. The number of hydrogen-bond acceptors (Lipinski definition) is 1. The minimum atomic E-state index is 0.632. The van der Waals surface area contributed by atoms with Crippen molar-refractivity contribution in [2.45, 2.75) is 47.5 Å². The predicted octanol–water partition coefficient (Wildman–Crippen LogP) is 4.49. The van der Waals surface area contributed by atoms with Crippen molar-refractivity contribution in [3.63, 3.8) is 0 Å². The number of benzene rings is 1. The topological polar surface area (TPSA) is 12.0 Å². The molecule has 1 aromatic carbocycles. The Kier molecular flexibility index (Phi) is 4.40. The average molecular weight is 219 g/mol. The first-order chi connectivity index (χ1) is 7.47. The summed E-state index contributed by atoms with van der Waals surface area (Å²) in [6.45, 7) is 14.4. The van der Waals surface area contributed by atoms with E-state index in [0.717, 1.165) is 6.54 Å². The van der Waals surface area contributed by atoms with Gasteiger partial charge in [0.25, 0.3) is 0 Å². The lowest BCUT2D eigenvalue weighted by atomic mass is 9.88. The van der Waals surface area contributed by atoms with Gasteiger partial charge in [-0.2, -0.15) is 0 Å². The Balaban J connectivity index is 3.09. The largest absolute Gasteiger partial charge is 0.385 e. The Morgan fingerprint density at radius 2 is 1.56 bits per heavy atom. The van der Waals surface area contributed by atoms with E-state index in [1.54, 1.807) is 0 Å². The van der Waals surface area contributed by atoms with E-state index in [0.29, 0.717) is 11.8 Å². The van der Waals surface area contributed by atoms with Gasteiger partial charge in [-0.1, -0.05) is 32.9 Å². The van der Waals surface area contributed by atoms with E-state index in [2.05, 4.69) is 59.0 Å². The minimum absolute atomic E-state index is 0.632. The van der Waals surface area contributed by atoms with Gasteiger partial charge in [0, 0.05) is 12.2 Å². The Hall–Kier alpha value is -0.980. The summed E-state index contributed by atoms with van der Waals surface area (Å²) in [6, 6.07) is 4.66. The summed E-state index contributed by atoms with van der Waals surface area (Å²) >= 11 is 0. The van der Waals surface area contributed by atoms with E-state index in [-0.39, 0.29) is 0 Å². The molecular formula is C15H25N. The smallest absolute Gasteiger partial charge is 0.0399 e. The second-order valence-electron chi connectivity index (χ2n) is 5.09. The van der Waals surface area contributed by atoms with Gasteiger partial charge < -0.3 is 5.32 Å². The molecule has 0 radical (unpaired) electrons. The molecule has 1 nitrogen and oxygen atoms in total. The number of nitrogens with one attached hydrogen (secondary N) is 1. The summed E-state index contributed by atoms with van der Waals surface area (Å²) in [5.74, 6) is 1.33. The van der Waals surface area contributed by atoms with Crippen LogP contribution in [0, 0.1) is 19.8 Å². The van der Waals surface area contributed by atoms with Crippen LogP contribution in [-0.2, 0) is 0 Å². The predicted molar refractivity (Wildman–Crippen MR) is 73.3 cm³/mol. The molecule has 0 bridgehead atoms. The monoisotopic (exact) mass is 219 g/mol. The van der Waals surface area contributed by atoms with Crippen molar-refractivity contribution < 1.29 is 0 Å². The van der Waals surface area contributed by atoms with Crippen LogP contribution in [0.5, 0.6) is 0 Å². The third-order valence-corrected chi connectivity index (χ3v) is 3.43. The van der Waals surface area contributed by atoms with Crippen LogP contribution < -0.4 is 5.32 Å². The second-order valence-corrected chi connectivity index (χ2v) is 5.09. The lowest BCUT2D eigenvalue weighted by Crippen LogP contribution is -2.06. The highest BCUT2D eigenvalue weighted by Gasteiger charge is 2.12. The summed E-state index contributed by atoms with van der Waals surface area (Å²) < 4.78 is 0. The maximum atomic E-state index is 3.44. The van der Waals surface area contributed by atoms with E-state index < -0.39 is 0 Å². The highest BCUT2D eigenvalue weighted by atomic mass is 14.9. The van der Waals surface area contributed by atoms with E-state index >= 15 is 0 Å². The first-order valence-corrected chi connectivity index (χ1v) is 6.32. The molecule has 1 aromatic rings. The summed E-state index contributed by atoms with van der Waals surface area (Å²) in [5, 5.41) is 3.44. The van der Waals surface area contributed by atoms with Crippen LogP contribution in [0.1, 0.15) is 50.3 Å². The fourth-order valence-electron chi connectivity index (χ4n) is 2.10. The van der Waals surface area contributed by atoms with Gasteiger partial charge in [0.05, 0.1) is 0 Å². The average Bonchev–Trinajstić information content (AvgIpc) is 2.21. The molecule has 1 N–H and O–H groups in total. The molecular weight excluding hydrogens is 194 g/mol. The van der Waals surface area contributed by atoms with Crippen LogP contribution in [-0.4, -0.2) is 6.54 Å². The van der Waals surface area contributed by atoms with Gasteiger partial charge in [0.1, 0.15) is 0 Å². The van der Waals surface area contributed by atoms with Crippen molar-refractivity contribution in [2.24, 2.45) is 5.92 Å². The molecule has 1 rings (SSSR count). The molecule has 0 spiro atoms. The van der Waals surface area contributed by atoms with Crippen molar-refractivity contribution in [3.8, 4) is 0 Å². The second kappa shape index (κ2) is 5.38. The quantitative estimate of drug-likeness (QED) is 0.786. The van der Waals surface area contributed by atoms with Crippen molar-refractivity contribution in [3.05, 3.63) is 28.8 Å². The molecule has 0 saturated heterocycles. The van der Waals surface area contributed by atoms with Crippen molar-refractivity contribution in [1.29, 1.82) is 0 Å². The fraction of sp³-hybridized carbons (Fsp3) is 0.600. The van der Waals surface area contributed by atoms with Gasteiger partial charge in [-0.15, -0.1) is 0 Å². The van der Waals surface area contributed by atoms with Crippen LogP contribution >= 0.6 is 0 Å². The number of anilines is 1. The zero-order valence-electron chi connectivity index (χ0n) is 11.5. The van der Waals surface area contributed by atoms with Gasteiger partial charge in [-0.05, 0) is 49.3 Å². The number of aryl methyl sites for hydroxylation is 2. The van der Waals surface area contributed by atoms with Gasteiger partial charge in [-0.25, -0.2) is 0 Å². The van der Waals surface area contributed by atoms with Crippen molar-refractivity contribution in [2.75, 3.05) is 11.9 Å². The van der Waals surface area contributed by atoms with E-state index in [4.69, 9.17) is 0 Å². The van der Waals surface area contributed by atoms with Crippen LogP contribution in [0.25, 0.3) is 0 Å².